The first-order valence-electron chi connectivity index (χ1n) is 8.72. The summed E-state index contributed by atoms with van der Waals surface area (Å²) in [5, 5.41) is 12.7. The largest absolute Gasteiger partial charge is 0.507 e. The second kappa shape index (κ2) is 8.97. The van der Waals surface area contributed by atoms with Crippen molar-refractivity contribution < 1.29 is 14.7 Å². The van der Waals surface area contributed by atoms with E-state index in [4.69, 9.17) is 12.2 Å². The Kier molecular flexibility index (Phi) is 6.18. The quantitative estimate of drug-likeness (QED) is 0.288. The molecule has 0 atom stereocenters. The number of amides is 1. The van der Waals surface area contributed by atoms with E-state index in [0.717, 1.165) is 4.68 Å². The summed E-state index contributed by atoms with van der Waals surface area (Å²) in [7, 11) is 0. The van der Waals surface area contributed by atoms with Gasteiger partial charge >= 0.3 is 0 Å². The molecule has 4 N–H and O–H groups in total. The Bertz CT molecular complexity index is 1200. The van der Waals surface area contributed by atoms with Crippen LogP contribution in [0, 0.1) is 0 Å². The van der Waals surface area contributed by atoms with E-state index in [9.17, 15) is 19.5 Å². The van der Waals surface area contributed by atoms with Crippen LogP contribution in [0.25, 0.3) is 11.3 Å². The maximum Gasteiger partial charge on any atom is 0.283 e. The number of nitrogens with zero attached hydrogens (tertiary/aromatic N) is 2. The van der Waals surface area contributed by atoms with Gasteiger partial charge in [-0.15, -0.1) is 0 Å². The van der Waals surface area contributed by atoms with Gasteiger partial charge in [0.1, 0.15) is 5.75 Å². The zero-order chi connectivity index (χ0) is 21.7. The number of carbonyl (C=O) groups excluding carboxylic acids is 2. The minimum absolute atomic E-state index is 0.0354. The fourth-order valence-electron chi connectivity index (χ4n) is 2.61. The van der Waals surface area contributed by atoms with E-state index in [2.05, 4.69) is 20.9 Å². The molecule has 152 valence electrons. The number of para-hydroxylation sites is 1. The number of benzene rings is 2. The predicted octanol–water partition coefficient (Wildman–Crippen LogP) is 1.58. The summed E-state index contributed by atoms with van der Waals surface area (Å²) >= 11 is 4.98. The van der Waals surface area contributed by atoms with Crippen LogP contribution in [0.1, 0.15) is 22.8 Å². The molecular weight excluding hydrogens is 406 g/mol. The molecule has 0 aliphatic carbocycles. The smallest absolute Gasteiger partial charge is 0.283 e. The minimum Gasteiger partial charge on any atom is -0.507 e. The summed E-state index contributed by atoms with van der Waals surface area (Å²) in [5.41, 5.74) is 5.04. The van der Waals surface area contributed by atoms with Crippen LogP contribution in [0.3, 0.4) is 0 Å². The summed E-state index contributed by atoms with van der Waals surface area (Å²) in [6.45, 7) is 1.29. The van der Waals surface area contributed by atoms with Crippen LogP contribution in [-0.2, 0) is 4.79 Å². The zero-order valence-electron chi connectivity index (χ0n) is 15.7. The highest BCUT2D eigenvalue weighted by Crippen LogP contribution is 2.20. The lowest BCUT2D eigenvalue weighted by atomic mass is 10.1. The Morgan fingerprint density at radius 2 is 1.77 bits per heavy atom. The second-order valence-electron chi connectivity index (χ2n) is 6.10. The van der Waals surface area contributed by atoms with Crippen molar-refractivity contribution in [1.82, 2.24) is 20.6 Å². The van der Waals surface area contributed by atoms with Gasteiger partial charge in [-0.25, -0.2) is 4.99 Å². The number of rotatable bonds is 3. The third-order valence-corrected chi connectivity index (χ3v) is 4.19. The van der Waals surface area contributed by atoms with Gasteiger partial charge in [-0.1, -0.05) is 42.5 Å². The van der Waals surface area contributed by atoms with Crippen molar-refractivity contribution >= 4 is 35.4 Å². The SMILES string of the molecule is CC(=O)NNC(=S)N=Cc1c(-c2ccccc2)[nH]n(C(=O)c2ccccc2O)c1=O. The Hall–Kier alpha value is -4.05. The van der Waals surface area contributed by atoms with Crippen LogP contribution in [0.15, 0.2) is 64.4 Å². The molecule has 3 rings (SSSR count). The van der Waals surface area contributed by atoms with Crippen LogP contribution in [-0.4, -0.2) is 38.0 Å². The number of thiocarbonyl (C=S) groups is 1. The first-order valence-corrected chi connectivity index (χ1v) is 9.13. The van der Waals surface area contributed by atoms with E-state index in [-0.39, 0.29) is 27.9 Å². The van der Waals surface area contributed by atoms with Gasteiger partial charge in [0.05, 0.1) is 16.8 Å². The number of carbonyl (C=O) groups is 2. The Morgan fingerprint density at radius 3 is 2.43 bits per heavy atom. The summed E-state index contributed by atoms with van der Waals surface area (Å²) in [6.07, 6.45) is 1.20. The first-order chi connectivity index (χ1) is 14.4. The number of phenols is 1. The van der Waals surface area contributed by atoms with Crippen molar-refractivity contribution in [1.29, 1.82) is 0 Å². The highest BCUT2D eigenvalue weighted by molar-refractivity contribution is 7.80. The molecule has 0 unspecified atom stereocenters. The molecule has 10 heteroatoms. The van der Waals surface area contributed by atoms with Gasteiger partial charge in [-0.05, 0) is 24.4 Å². The molecule has 0 aliphatic rings. The number of H-pyrrole nitrogens is 1. The molecule has 3 aromatic rings. The molecule has 0 saturated carbocycles. The third-order valence-electron chi connectivity index (χ3n) is 3.98. The van der Waals surface area contributed by atoms with Crippen molar-refractivity contribution in [3.8, 4) is 17.0 Å². The topological polar surface area (TPSA) is 129 Å². The Balaban J connectivity index is 2.06. The van der Waals surface area contributed by atoms with Gasteiger partial charge in [-0.2, -0.15) is 4.68 Å². The molecule has 0 saturated heterocycles. The maximum absolute atomic E-state index is 13.0. The average Bonchev–Trinajstić information content (AvgIpc) is 3.07. The number of hydrazine groups is 1. The van der Waals surface area contributed by atoms with Gasteiger partial charge < -0.3 is 5.11 Å². The minimum atomic E-state index is -0.728. The van der Waals surface area contributed by atoms with Gasteiger partial charge in [0.2, 0.25) is 11.0 Å². The van der Waals surface area contributed by atoms with Crippen LogP contribution >= 0.6 is 12.2 Å². The Labute approximate surface area is 176 Å². The van der Waals surface area contributed by atoms with Crippen molar-refractivity contribution in [2.24, 2.45) is 4.99 Å². The lowest BCUT2D eigenvalue weighted by molar-refractivity contribution is -0.119. The lowest BCUT2D eigenvalue weighted by Gasteiger charge is -2.03. The zero-order valence-corrected chi connectivity index (χ0v) is 16.6. The standard InChI is InChI=1S/C20H17N5O4S/c1-12(26)22-23-20(30)21-11-15-17(13-7-3-2-4-8-13)24-25(19(15)29)18(28)14-9-5-6-10-16(14)27/h2-11,24,27H,1H3,(H,22,26)(H,23,30). The summed E-state index contributed by atoms with van der Waals surface area (Å²) < 4.78 is 0.795. The van der Waals surface area contributed by atoms with E-state index in [1.165, 1.54) is 25.3 Å². The normalized spacial score (nSPS) is 10.7. The van der Waals surface area contributed by atoms with Crippen LogP contribution in [0.2, 0.25) is 0 Å². The molecule has 1 aromatic heterocycles. The number of aromatic nitrogens is 2. The van der Waals surface area contributed by atoms with Crippen LogP contribution < -0.4 is 16.4 Å². The number of nitrogens with one attached hydrogen (secondary N) is 3. The molecule has 1 amide bonds. The highest BCUT2D eigenvalue weighted by atomic mass is 32.1. The molecule has 0 aliphatic heterocycles. The monoisotopic (exact) mass is 423 g/mol. The van der Waals surface area contributed by atoms with E-state index >= 15 is 0 Å². The number of hydrogen-bond donors (Lipinski definition) is 4. The number of aliphatic imine (C=N–C) groups is 1. The van der Waals surface area contributed by atoms with E-state index < -0.39 is 11.5 Å². The average molecular weight is 423 g/mol. The summed E-state index contributed by atoms with van der Waals surface area (Å²) in [6, 6.07) is 14.8. The van der Waals surface area contributed by atoms with Crippen molar-refractivity contribution in [2.45, 2.75) is 6.92 Å². The fourth-order valence-corrected chi connectivity index (χ4v) is 2.71. The molecule has 0 spiro atoms. The molecule has 9 nitrogen and oxygen atoms in total. The van der Waals surface area contributed by atoms with E-state index in [1.807, 2.05) is 6.07 Å². The molecule has 0 fully saturated rings. The molecule has 0 bridgehead atoms. The van der Waals surface area contributed by atoms with Crippen LogP contribution in [0.5, 0.6) is 5.75 Å². The molecule has 0 radical (unpaired) electrons. The van der Waals surface area contributed by atoms with E-state index in [1.54, 1.807) is 36.4 Å². The number of aromatic amines is 1. The van der Waals surface area contributed by atoms with E-state index in [0.29, 0.717) is 11.3 Å². The maximum atomic E-state index is 13.0. The predicted molar refractivity (Wildman–Crippen MR) is 115 cm³/mol. The first kappa shape index (κ1) is 20.7. The summed E-state index contributed by atoms with van der Waals surface area (Å²) in [5.74, 6) is -1.34. The second-order valence-corrected chi connectivity index (χ2v) is 6.49. The van der Waals surface area contributed by atoms with Crippen molar-refractivity contribution in [2.75, 3.05) is 0 Å². The molecular formula is C20H17N5O4S. The lowest BCUT2D eigenvalue weighted by Crippen LogP contribution is -2.38. The van der Waals surface area contributed by atoms with Gasteiger partial charge in [0, 0.05) is 18.7 Å². The highest BCUT2D eigenvalue weighted by Gasteiger charge is 2.21. The van der Waals surface area contributed by atoms with Crippen LogP contribution in [0.4, 0.5) is 0 Å². The summed E-state index contributed by atoms with van der Waals surface area (Å²) in [4.78, 5) is 40.7. The van der Waals surface area contributed by atoms with Gasteiger partial charge in [0.25, 0.3) is 11.5 Å². The number of hydrogen-bond acceptors (Lipinski definition) is 5. The molecule has 2 aromatic carbocycles. The van der Waals surface area contributed by atoms with Gasteiger partial charge in [-0.3, -0.25) is 30.3 Å². The number of aromatic hydroxyl groups is 1. The Morgan fingerprint density at radius 1 is 1.10 bits per heavy atom. The van der Waals surface area contributed by atoms with Crippen molar-refractivity contribution in [3.63, 3.8) is 0 Å². The van der Waals surface area contributed by atoms with Gasteiger partial charge in [0.15, 0.2) is 0 Å². The van der Waals surface area contributed by atoms with Crippen molar-refractivity contribution in [3.05, 3.63) is 76.1 Å². The molecule has 1 heterocycles. The molecule has 30 heavy (non-hydrogen) atoms. The third kappa shape index (κ3) is 4.50. The fraction of sp³-hybridized carbons (Fsp3) is 0.0500. The number of phenolic OH excluding ortho intramolecular Hbond substituents is 1.